The van der Waals surface area contributed by atoms with E-state index in [0.717, 1.165) is 9.83 Å². The number of hydrogen-bond acceptors (Lipinski definition) is 3. The van der Waals surface area contributed by atoms with Crippen LogP contribution in [0.25, 0.3) is 0 Å². The van der Waals surface area contributed by atoms with Crippen LogP contribution in [0.2, 0.25) is 0 Å². The minimum atomic E-state index is -3.52. The highest BCUT2D eigenvalue weighted by molar-refractivity contribution is 14.1. The van der Waals surface area contributed by atoms with E-state index in [1.165, 1.54) is 0 Å². The van der Waals surface area contributed by atoms with E-state index in [0.29, 0.717) is 10.0 Å². The highest BCUT2D eigenvalue weighted by Crippen LogP contribution is 2.19. The quantitative estimate of drug-likeness (QED) is 0.765. The van der Waals surface area contributed by atoms with Crippen LogP contribution < -0.4 is 4.72 Å². The molecule has 0 saturated carbocycles. The molecule has 82 valence electrons. The van der Waals surface area contributed by atoms with Crippen molar-refractivity contribution >= 4 is 54.5 Å². The van der Waals surface area contributed by atoms with Gasteiger partial charge in [0, 0.05) is 8.04 Å². The number of rotatable bonds is 2. The lowest BCUT2D eigenvalue weighted by atomic mass is 10.2. The molecule has 0 atom stereocenters. The van der Waals surface area contributed by atoms with Gasteiger partial charge in [-0.1, -0.05) is 0 Å². The maximum absolute atomic E-state index is 11.5. The molecule has 15 heavy (non-hydrogen) atoms. The molecule has 1 aromatic carbocycles. The third-order valence-electron chi connectivity index (χ3n) is 1.45. The van der Waals surface area contributed by atoms with Crippen molar-refractivity contribution in [1.82, 2.24) is 4.72 Å². The molecule has 1 amide bonds. The fourth-order valence-electron chi connectivity index (χ4n) is 0.895. The van der Waals surface area contributed by atoms with Gasteiger partial charge in [-0.3, -0.25) is 4.79 Å². The number of carbonyl (C=O) groups is 1. The summed E-state index contributed by atoms with van der Waals surface area (Å²) in [5.41, 5.74) is 0.298. The second-order valence-electron chi connectivity index (χ2n) is 2.83. The first-order chi connectivity index (χ1) is 6.79. The lowest BCUT2D eigenvalue weighted by Gasteiger charge is -2.05. The zero-order valence-corrected chi connectivity index (χ0v) is 12.2. The fourth-order valence-corrected chi connectivity index (χ4v) is 2.26. The van der Waals surface area contributed by atoms with Crippen molar-refractivity contribution in [2.24, 2.45) is 0 Å². The first-order valence-electron chi connectivity index (χ1n) is 3.77. The first kappa shape index (κ1) is 12.9. The van der Waals surface area contributed by atoms with Gasteiger partial charge in [0.05, 0.1) is 11.8 Å². The summed E-state index contributed by atoms with van der Waals surface area (Å²) in [6.07, 6.45) is 0.937. The predicted octanol–water partition coefficient (Wildman–Crippen LogP) is 1.74. The number of carbonyl (C=O) groups excluding carboxylic acids is 1. The van der Waals surface area contributed by atoms with Crippen LogP contribution in [0, 0.1) is 3.57 Å². The third-order valence-corrected chi connectivity index (χ3v) is 3.37. The highest BCUT2D eigenvalue weighted by atomic mass is 127. The van der Waals surface area contributed by atoms with Crippen LogP contribution in [0.3, 0.4) is 0 Å². The maximum Gasteiger partial charge on any atom is 0.265 e. The van der Waals surface area contributed by atoms with Gasteiger partial charge >= 0.3 is 0 Å². The van der Waals surface area contributed by atoms with Crippen LogP contribution in [0.1, 0.15) is 10.4 Å². The van der Waals surface area contributed by atoms with Gasteiger partial charge < -0.3 is 0 Å². The number of sulfonamides is 1. The minimum absolute atomic E-state index is 0.298. The first-order valence-corrected chi connectivity index (χ1v) is 7.53. The molecule has 0 aliphatic heterocycles. The molecule has 0 fully saturated rings. The molecule has 7 heteroatoms. The zero-order chi connectivity index (χ0) is 11.6. The van der Waals surface area contributed by atoms with E-state index in [2.05, 4.69) is 15.9 Å². The zero-order valence-electron chi connectivity index (χ0n) is 7.62. The van der Waals surface area contributed by atoms with E-state index in [1.807, 2.05) is 33.4 Å². The molecular weight excluding hydrogens is 397 g/mol. The number of halogens is 2. The Morgan fingerprint density at radius 1 is 1.47 bits per heavy atom. The SMILES string of the molecule is CS(=O)(=O)NC(=O)c1cc(I)ccc1Br. The van der Waals surface area contributed by atoms with E-state index in [4.69, 9.17) is 0 Å². The summed E-state index contributed by atoms with van der Waals surface area (Å²) in [6, 6.07) is 5.10. The van der Waals surface area contributed by atoms with Crippen molar-refractivity contribution in [2.45, 2.75) is 0 Å². The summed E-state index contributed by atoms with van der Waals surface area (Å²) in [4.78, 5) is 11.5. The lowest BCUT2D eigenvalue weighted by molar-refractivity contribution is 0.0981. The largest absolute Gasteiger partial charge is 0.268 e. The van der Waals surface area contributed by atoms with Crippen LogP contribution in [-0.2, 0) is 10.0 Å². The Morgan fingerprint density at radius 3 is 2.60 bits per heavy atom. The Kier molecular flexibility index (Phi) is 4.13. The van der Waals surface area contributed by atoms with Gasteiger partial charge in [0.15, 0.2) is 0 Å². The molecule has 0 bridgehead atoms. The molecule has 0 heterocycles. The molecule has 0 aliphatic rings. The van der Waals surface area contributed by atoms with E-state index < -0.39 is 15.9 Å². The van der Waals surface area contributed by atoms with Crippen LogP contribution in [0.15, 0.2) is 22.7 Å². The second-order valence-corrected chi connectivity index (χ2v) is 6.68. The Bertz CT molecular complexity index is 501. The normalized spacial score (nSPS) is 11.1. The summed E-state index contributed by atoms with van der Waals surface area (Å²) in [5, 5.41) is 0. The Morgan fingerprint density at radius 2 is 2.07 bits per heavy atom. The van der Waals surface area contributed by atoms with Crippen molar-refractivity contribution in [3.05, 3.63) is 31.8 Å². The molecular formula is C8H7BrINO3S. The van der Waals surface area contributed by atoms with Gasteiger partial charge in [0.1, 0.15) is 0 Å². The molecule has 0 aromatic heterocycles. The van der Waals surface area contributed by atoms with Gasteiger partial charge in [-0.25, -0.2) is 13.1 Å². The highest BCUT2D eigenvalue weighted by Gasteiger charge is 2.14. The van der Waals surface area contributed by atoms with Gasteiger partial charge in [0.2, 0.25) is 10.0 Å². The van der Waals surface area contributed by atoms with E-state index >= 15 is 0 Å². The minimum Gasteiger partial charge on any atom is -0.268 e. The molecule has 0 aliphatic carbocycles. The van der Waals surface area contributed by atoms with Gasteiger partial charge in [-0.05, 0) is 56.7 Å². The molecule has 0 radical (unpaired) electrons. The average molecular weight is 404 g/mol. The van der Waals surface area contributed by atoms with Crippen molar-refractivity contribution in [1.29, 1.82) is 0 Å². The Labute approximate surface area is 110 Å². The van der Waals surface area contributed by atoms with Crippen LogP contribution in [0.4, 0.5) is 0 Å². The Balaban J connectivity index is 3.06. The van der Waals surface area contributed by atoms with Crippen LogP contribution >= 0.6 is 38.5 Å². The van der Waals surface area contributed by atoms with Crippen molar-refractivity contribution in [3.63, 3.8) is 0 Å². The number of hydrogen-bond donors (Lipinski definition) is 1. The van der Waals surface area contributed by atoms with Crippen molar-refractivity contribution in [2.75, 3.05) is 6.26 Å². The molecule has 1 aromatic rings. The number of amides is 1. The Hall–Kier alpha value is -0.150. The fraction of sp³-hybridized carbons (Fsp3) is 0.125. The van der Waals surface area contributed by atoms with Gasteiger partial charge in [-0.15, -0.1) is 0 Å². The van der Waals surface area contributed by atoms with E-state index in [-0.39, 0.29) is 0 Å². The molecule has 0 saturated heterocycles. The lowest BCUT2D eigenvalue weighted by Crippen LogP contribution is -2.29. The van der Waals surface area contributed by atoms with Crippen LogP contribution in [-0.4, -0.2) is 20.6 Å². The summed E-state index contributed by atoms with van der Waals surface area (Å²) in [7, 11) is -3.52. The van der Waals surface area contributed by atoms with Gasteiger partial charge in [-0.2, -0.15) is 0 Å². The average Bonchev–Trinajstić information content (AvgIpc) is 2.06. The van der Waals surface area contributed by atoms with E-state index in [9.17, 15) is 13.2 Å². The molecule has 0 unspecified atom stereocenters. The van der Waals surface area contributed by atoms with Crippen molar-refractivity contribution in [3.8, 4) is 0 Å². The summed E-state index contributed by atoms with van der Waals surface area (Å²) in [6.45, 7) is 0. The molecule has 0 spiro atoms. The number of benzene rings is 1. The third kappa shape index (κ3) is 4.07. The smallest absolute Gasteiger partial charge is 0.265 e. The summed E-state index contributed by atoms with van der Waals surface area (Å²) in [5.74, 6) is -0.636. The standard InChI is InChI=1S/C8H7BrINO3S/c1-15(13,14)11-8(12)6-4-5(10)2-3-7(6)9/h2-4H,1H3,(H,11,12). The summed E-state index contributed by atoms with van der Waals surface area (Å²) >= 11 is 5.22. The maximum atomic E-state index is 11.5. The summed E-state index contributed by atoms with van der Waals surface area (Å²) < 4.78 is 25.0. The topological polar surface area (TPSA) is 63.2 Å². The van der Waals surface area contributed by atoms with Gasteiger partial charge in [0.25, 0.3) is 5.91 Å². The predicted molar refractivity (Wildman–Crippen MR) is 69.2 cm³/mol. The van der Waals surface area contributed by atoms with Crippen LogP contribution in [0.5, 0.6) is 0 Å². The molecule has 1 rings (SSSR count). The van der Waals surface area contributed by atoms with E-state index in [1.54, 1.807) is 12.1 Å². The second kappa shape index (κ2) is 4.79. The molecule has 4 nitrogen and oxygen atoms in total. The molecule has 1 N–H and O–H groups in total. The van der Waals surface area contributed by atoms with Crippen molar-refractivity contribution < 1.29 is 13.2 Å². The number of nitrogens with one attached hydrogen (secondary N) is 1. The monoisotopic (exact) mass is 403 g/mol.